The van der Waals surface area contributed by atoms with E-state index in [-0.39, 0.29) is 13.1 Å². The Morgan fingerprint density at radius 3 is 2.47 bits per heavy atom. The summed E-state index contributed by atoms with van der Waals surface area (Å²) in [5, 5.41) is 12.3. The first kappa shape index (κ1) is 12.6. The van der Waals surface area contributed by atoms with Crippen LogP contribution in [0, 0.1) is 0 Å². The quantitative estimate of drug-likeness (QED) is 0.826. The van der Waals surface area contributed by atoms with Crippen LogP contribution >= 0.6 is 34.8 Å². The normalized spacial score (nSPS) is 10.3. The maximum atomic E-state index is 10.3. The van der Waals surface area contributed by atoms with E-state index in [1.807, 2.05) is 0 Å². The van der Waals surface area contributed by atoms with Crippen LogP contribution in [0.2, 0.25) is 15.1 Å². The van der Waals surface area contributed by atoms with Crippen molar-refractivity contribution in [3.05, 3.63) is 32.8 Å². The number of benzene rings is 1. The summed E-state index contributed by atoms with van der Waals surface area (Å²) in [5.41, 5.74) is 0.604. The maximum Gasteiger partial charge on any atom is 0.317 e. The van der Waals surface area contributed by atoms with Gasteiger partial charge in [-0.15, -0.1) is 0 Å². The molecule has 0 spiro atoms. The summed E-state index contributed by atoms with van der Waals surface area (Å²) >= 11 is 17.6. The van der Waals surface area contributed by atoms with Crippen molar-refractivity contribution in [2.75, 3.05) is 6.54 Å². The number of hydrogen-bond acceptors (Lipinski definition) is 2. The van der Waals surface area contributed by atoms with Crippen molar-refractivity contribution in [1.29, 1.82) is 0 Å². The molecule has 15 heavy (non-hydrogen) atoms. The monoisotopic (exact) mass is 267 g/mol. The molecule has 0 saturated heterocycles. The Balaban J connectivity index is 2.75. The minimum atomic E-state index is -0.940. The first-order valence-corrected chi connectivity index (χ1v) is 5.20. The molecule has 0 bridgehead atoms. The van der Waals surface area contributed by atoms with Gasteiger partial charge in [0, 0.05) is 17.1 Å². The van der Waals surface area contributed by atoms with E-state index < -0.39 is 5.97 Å². The summed E-state index contributed by atoms with van der Waals surface area (Å²) in [6, 6.07) is 3.21. The second-order valence-electron chi connectivity index (χ2n) is 2.82. The summed E-state index contributed by atoms with van der Waals surface area (Å²) in [6.45, 7) is 0.115. The van der Waals surface area contributed by atoms with Crippen LogP contribution in [0.1, 0.15) is 5.56 Å². The van der Waals surface area contributed by atoms with Crippen LogP contribution in [-0.2, 0) is 11.3 Å². The number of rotatable bonds is 4. The molecule has 0 heterocycles. The highest BCUT2D eigenvalue weighted by Gasteiger charge is 2.09. The van der Waals surface area contributed by atoms with E-state index in [2.05, 4.69) is 5.32 Å². The molecule has 6 heteroatoms. The minimum Gasteiger partial charge on any atom is -0.480 e. The van der Waals surface area contributed by atoms with Gasteiger partial charge in [0.2, 0.25) is 0 Å². The first-order valence-electron chi connectivity index (χ1n) is 4.07. The topological polar surface area (TPSA) is 49.3 Å². The van der Waals surface area contributed by atoms with Gasteiger partial charge in [0.1, 0.15) is 0 Å². The molecule has 1 rings (SSSR count). The van der Waals surface area contributed by atoms with E-state index in [0.717, 1.165) is 0 Å². The number of carbonyl (C=O) groups is 1. The second kappa shape index (κ2) is 5.56. The molecule has 1 aromatic rings. The minimum absolute atomic E-state index is 0.154. The number of hydrogen-bond donors (Lipinski definition) is 2. The molecule has 0 atom stereocenters. The van der Waals surface area contributed by atoms with Crippen molar-refractivity contribution >= 4 is 40.8 Å². The number of carboxylic acids is 1. The fourth-order valence-electron chi connectivity index (χ4n) is 1.03. The predicted molar refractivity (Wildman–Crippen MR) is 60.8 cm³/mol. The summed E-state index contributed by atoms with van der Waals surface area (Å²) in [6.07, 6.45) is 0. The fourth-order valence-corrected chi connectivity index (χ4v) is 1.71. The lowest BCUT2D eigenvalue weighted by Crippen LogP contribution is -2.22. The third-order valence-corrected chi connectivity index (χ3v) is 2.91. The van der Waals surface area contributed by atoms with Gasteiger partial charge in [-0.2, -0.15) is 0 Å². The Morgan fingerprint density at radius 1 is 1.27 bits per heavy atom. The standard InChI is InChI=1S/C9H8Cl3NO2/c10-6-1-2-7(11)9(12)5(6)3-13-4-8(14)15/h1-2,13H,3-4H2,(H,14,15). The lowest BCUT2D eigenvalue weighted by Gasteiger charge is -2.08. The maximum absolute atomic E-state index is 10.3. The number of aliphatic carboxylic acids is 1. The van der Waals surface area contributed by atoms with Crippen molar-refractivity contribution in [1.82, 2.24) is 5.32 Å². The summed E-state index contributed by atoms with van der Waals surface area (Å²) < 4.78 is 0. The van der Waals surface area contributed by atoms with Crippen molar-refractivity contribution in [2.45, 2.75) is 6.54 Å². The molecule has 3 nitrogen and oxygen atoms in total. The molecule has 1 aromatic carbocycles. The lowest BCUT2D eigenvalue weighted by atomic mass is 10.2. The van der Waals surface area contributed by atoms with Crippen LogP contribution in [-0.4, -0.2) is 17.6 Å². The van der Waals surface area contributed by atoms with Gasteiger partial charge in [-0.25, -0.2) is 0 Å². The van der Waals surface area contributed by atoms with Gasteiger partial charge < -0.3 is 10.4 Å². The summed E-state index contributed by atoms with van der Waals surface area (Å²) in [5.74, 6) is -0.940. The average molecular weight is 269 g/mol. The van der Waals surface area contributed by atoms with Gasteiger partial charge in [-0.3, -0.25) is 4.79 Å². The van der Waals surface area contributed by atoms with Crippen molar-refractivity contribution < 1.29 is 9.90 Å². The lowest BCUT2D eigenvalue weighted by molar-refractivity contribution is -0.135. The van der Waals surface area contributed by atoms with Gasteiger partial charge in [0.25, 0.3) is 0 Å². The van der Waals surface area contributed by atoms with Gasteiger partial charge in [0.05, 0.1) is 16.6 Å². The Labute approximate surface area is 102 Å². The van der Waals surface area contributed by atoms with E-state index >= 15 is 0 Å². The number of carboxylic acid groups (broad SMARTS) is 1. The second-order valence-corrected chi connectivity index (χ2v) is 4.01. The molecular formula is C9H8Cl3NO2. The zero-order valence-corrected chi connectivity index (χ0v) is 9.83. The van der Waals surface area contributed by atoms with Crippen molar-refractivity contribution in [3.8, 4) is 0 Å². The van der Waals surface area contributed by atoms with Crippen molar-refractivity contribution in [2.24, 2.45) is 0 Å². The molecule has 0 aromatic heterocycles. The molecule has 0 aliphatic heterocycles. The number of nitrogens with one attached hydrogen (secondary N) is 1. The highest BCUT2D eigenvalue weighted by atomic mass is 35.5. The third kappa shape index (κ3) is 3.54. The summed E-state index contributed by atoms with van der Waals surface area (Å²) in [7, 11) is 0. The Bertz CT molecular complexity index is 382. The Morgan fingerprint density at radius 2 is 1.87 bits per heavy atom. The molecule has 0 aliphatic rings. The van der Waals surface area contributed by atoms with Gasteiger partial charge in [-0.1, -0.05) is 34.8 Å². The Hall–Kier alpha value is -0.480. The molecular weight excluding hydrogens is 260 g/mol. The summed E-state index contributed by atoms with van der Waals surface area (Å²) in [4.78, 5) is 10.3. The van der Waals surface area contributed by atoms with E-state index in [4.69, 9.17) is 39.9 Å². The van der Waals surface area contributed by atoms with Crippen LogP contribution in [0.15, 0.2) is 12.1 Å². The third-order valence-electron chi connectivity index (χ3n) is 1.72. The van der Waals surface area contributed by atoms with Gasteiger partial charge >= 0.3 is 5.97 Å². The molecule has 0 amide bonds. The highest BCUT2D eigenvalue weighted by molar-refractivity contribution is 6.44. The molecule has 0 unspecified atom stereocenters. The molecule has 0 fully saturated rings. The first-order chi connectivity index (χ1) is 7.02. The zero-order chi connectivity index (χ0) is 11.4. The molecule has 0 aliphatic carbocycles. The van der Waals surface area contributed by atoms with Crippen molar-refractivity contribution in [3.63, 3.8) is 0 Å². The predicted octanol–water partition coefficient (Wildman–Crippen LogP) is 2.82. The van der Waals surface area contributed by atoms with Crippen LogP contribution < -0.4 is 5.32 Å². The van der Waals surface area contributed by atoms with Crippen LogP contribution in [0.5, 0.6) is 0 Å². The fraction of sp³-hybridized carbons (Fsp3) is 0.222. The largest absolute Gasteiger partial charge is 0.480 e. The van der Waals surface area contributed by atoms with Crippen LogP contribution in [0.25, 0.3) is 0 Å². The number of halogens is 3. The van der Waals surface area contributed by atoms with Gasteiger partial charge in [-0.05, 0) is 12.1 Å². The van der Waals surface area contributed by atoms with E-state index in [1.54, 1.807) is 12.1 Å². The smallest absolute Gasteiger partial charge is 0.317 e. The SMILES string of the molecule is O=C(O)CNCc1c(Cl)ccc(Cl)c1Cl. The zero-order valence-electron chi connectivity index (χ0n) is 7.56. The Kier molecular flexibility index (Phi) is 4.67. The molecule has 0 radical (unpaired) electrons. The van der Waals surface area contributed by atoms with E-state index in [9.17, 15) is 4.79 Å². The average Bonchev–Trinajstić information content (AvgIpc) is 2.17. The molecule has 82 valence electrons. The van der Waals surface area contributed by atoms with Crippen LogP contribution in [0.3, 0.4) is 0 Å². The van der Waals surface area contributed by atoms with Crippen LogP contribution in [0.4, 0.5) is 0 Å². The van der Waals surface area contributed by atoms with E-state index in [1.165, 1.54) is 0 Å². The highest BCUT2D eigenvalue weighted by Crippen LogP contribution is 2.31. The molecule has 2 N–H and O–H groups in total. The van der Waals surface area contributed by atoms with Gasteiger partial charge in [0.15, 0.2) is 0 Å². The van der Waals surface area contributed by atoms with E-state index in [0.29, 0.717) is 20.6 Å². The molecule has 0 saturated carbocycles.